The Morgan fingerprint density at radius 2 is 2.25 bits per heavy atom. The highest BCUT2D eigenvalue weighted by molar-refractivity contribution is 5.03. The van der Waals surface area contributed by atoms with Gasteiger partial charge in [0.05, 0.1) is 18.1 Å². The highest BCUT2D eigenvalue weighted by Crippen LogP contribution is 2.35. The number of rotatable bonds is 3. The molecule has 0 radical (unpaired) electrons. The highest BCUT2D eigenvalue weighted by Gasteiger charge is 2.26. The summed E-state index contributed by atoms with van der Waals surface area (Å²) in [6, 6.07) is 0.701. The molecule has 1 unspecified atom stereocenters. The zero-order valence-corrected chi connectivity index (χ0v) is 9.55. The van der Waals surface area contributed by atoms with Gasteiger partial charge >= 0.3 is 0 Å². The third-order valence-electron chi connectivity index (χ3n) is 3.55. The minimum absolute atomic E-state index is 0.133. The fourth-order valence-corrected chi connectivity index (χ4v) is 2.54. The molecule has 1 aliphatic carbocycles. The number of hydrogen-bond donors (Lipinski definition) is 1. The minimum atomic E-state index is -0.133. The molecule has 1 atom stereocenters. The molecule has 1 saturated carbocycles. The third kappa shape index (κ3) is 2.13. The maximum atomic E-state index is 9.63. The van der Waals surface area contributed by atoms with E-state index in [4.69, 9.17) is 0 Å². The predicted octanol–water partition coefficient (Wildman–Crippen LogP) is 1.17. The van der Waals surface area contributed by atoms with Gasteiger partial charge in [0, 0.05) is 25.3 Å². The second kappa shape index (κ2) is 4.18. The first-order chi connectivity index (χ1) is 7.83. The van der Waals surface area contributed by atoms with Crippen molar-refractivity contribution in [2.75, 3.05) is 13.1 Å². The van der Waals surface area contributed by atoms with E-state index in [0.29, 0.717) is 6.04 Å². The van der Waals surface area contributed by atoms with Crippen molar-refractivity contribution in [3.63, 3.8) is 0 Å². The van der Waals surface area contributed by atoms with Crippen molar-refractivity contribution < 1.29 is 5.11 Å². The quantitative estimate of drug-likeness (QED) is 0.833. The number of aliphatic hydroxyl groups is 1. The lowest BCUT2D eigenvalue weighted by Gasteiger charge is -2.30. The van der Waals surface area contributed by atoms with Gasteiger partial charge in [-0.15, -0.1) is 0 Å². The number of likely N-dealkylation sites (tertiary alicyclic amines) is 1. The number of aliphatic hydroxyl groups excluding tert-OH is 1. The van der Waals surface area contributed by atoms with Crippen molar-refractivity contribution in [2.24, 2.45) is 0 Å². The molecule has 2 fully saturated rings. The number of nitrogens with zero attached hydrogens (tertiary/aromatic N) is 3. The number of imidazole rings is 1. The molecular formula is C12H19N3O. The summed E-state index contributed by atoms with van der Waals surface area (Å²) >= 11 is 0. The van der Waals surface area contributed by atoms with Gasteiger partial charge in [-0.3, -0.25) is 4.90 Å². The van der Waals surface area contributed by atoms with Gasteiger partial charge in [-0.05, 0) is 32.2 Å². The minimum Gasteiger partial charge on any atom is -0.392 e. The molecule has 2 heterocycles. The lowest BCUT2D eigenvalue weighted by molar-refractivity contribution is 0.0656. The van der Waals surface area contributed by atoms with E-state index in [-0.39, 0.29) is 6.10 Å². The second-order valence-corrected chi connectivity index (χ2v) is 5.05. The van der Waals surface area contributed by atoms with Gasteiger partial charge < -0.3 is 9.67 Å². The molecule has 1 aliphatic heterocycles. The number of hydrogen-bond acceptors (Lipinski definition) is 3. The molecule has 2 aliphatic rings. The van der Waals surface area contributed by atoms with Crippen molar-refractivity contribution >= 4 is 0 Å². The predicted molar refractivity (Wildman–Crippen MR) is 61.0 cm³/mol. The third-order valence-corrected chi connectivity index (χ3v) is 3.55. The second-order valence-electron chi connectivity index (χ2n) is 5.05. The van der Waals surface area contributed by atoms with E-state index in [1.165, 1.54) is 18.5 Å². The van der Waals surface area contributed by atoms with Gasteiger partial charge in [-0.25, -0.2) is 4.98 Å². The first-order valence-corrected chi connectivity index (χ1v) is 6.24. The van der Waals surface area contributed by atoms with Crippen LogP contribution in [0.5, 0.6) is 0 Å². The van der Waals surface area contributed by atoms with Gasteiger partial charge in [0.25, 0.3) is 0 Å². The summed E-state index contributed by atoms with van der Waals surface area (Å²) in [5.41, 5.74) is 1.30. The number of β-amino-alcohol motifs (C(OH)–C–C–N with tert-alkyl or cyclic N) is 1. The van der Waals surface area contributed by atoms with Crippen LogP contribution >= 0.6 is 0 Å². The largest absolute Gasteiger partial charge is 0.392 e. The van der Waals surface area contributed by atoms with Crippen LogP contribution in [-0.4, -0.2) is 38.8 Å². The smallest absolute Gasteiger partial charge is 0.0951 e. The van der Waals surface area contributed by atoms with Crippen LogP contribution in [0.3, 0.4) is 0 Å². The lowest BCUT2D eigenvalue weighted by Crippen LogP contribution is -2.38. The molecule has 0 bridgehead atoms. The Bertz CT molecular complexity index is 359. The lowest BCUT2D eigenvalue weighted by atomic mass is 10.1. The Balaban J connectivity index is 1.66. The molecule has 0 aromatic carbocycles. The van der Waals surface area contributed by atoms with Crippen LogP contribution < -0.4 is 0 Å². The van der Waals surface area contributed by atoms with Gasteiger partial charge in [-0.1, -0.05) is 0 Å². The summed E-state index contributed by atoms with van der Waals surface area (Å²) in [6.07, 6.45) is 8.45. The van der Waals surface area contributed by atoms with Gasteiger partial charge in [0.15, 0.2) is 0 Å². The summed E-state index contributed by atoms with van der Waals surface area (Å²) in [6.45, 7) is 2.86. The SMILES string of the molecule is OC1CCCN(Cc2cncn2C2CC2)C1. The number of piperidine rings is 1. The van der Waals surface area contributed by atoms with Crippen LogP contribution in [0.2, 0.25) is 0 Å². The molecule has 4 heteroatoms. The molecule has 1 saturated heterocycles. The van der Waals surface area contributed by atoms with E-state index in [9.17, 15) is 5.11 Å². The molecule has 16 heavy (non-hydrogen) atoms. The van der Waals surface area contributed by atoms with Crippen molar-refractivity contribution in [3.8, 4) is 0 Å². The average Bonchev–Trinajstić information content (AvgIpc) is 3.00. The van der Waals surface area contributed by atoms with E-state index >= 15 is 0 Å². The van der Waals surface area contributed by atoms with Crippen molar-refractivity contribution in [1.82, 2.24) is 14.5 Å². The van der Waals surface area contributed by atoms with Crippen LogP contribution in [0.4, 0.5) is 0 Å². The van der Waals surface area contributed by atoms with E-state index in [1.54, 1.807) is 0 Å². The zero-order valence-electron chi connectivity index (χ0n) is 9.55. The highest BCUT2D eigenvalue weighted by atomic mass is 16.3. The van der Waals surface area contributed by atoms with Crippen LogP contribution in [0.1, 0.15) is 37.4 Å². The van der Waals surface area contributed by atoms with Crippen LogP contribution in [0.25, 0.3) is 0 Å². The first-order valence-electron chi connectivity index (χ1n) is 6.24. The van der Waals surface area contributed by atoms with Crippen molar-refractivity contribution in [3.05, 3.63) is 18.2 Å². The molecule has 88 valence electrons. The van der Waals surface area contributed by atoms with E-state index in [2.05, 4.69) is 14.5 Å². The Kier molecular flexibility index (Phi) is 2.69. The summed E-state index contributed by atoms with van der Waals surface area (Å²) in [5, 5.41) is 9.63. The normalized spacial score (nSPS) is 27.2. The van der Waals surface area contributed by atoms with Crippen LogP contribution in [-0.2, 0) is 6.54 Å². The Labute approximate surface area is 95.9 Å². The average molecular weight is 221 g/mol. The molecule has 1 N–H and O–H groups in total. The summed E-state index contributed by atoms with van der Waals surface area (Å²) in [5.74, 6) is 0. The Morgan fingerprint density at radius 3 is 3.00 bits per heavy atom. The first kappa shape index (κ1) is 10.3. The maximum Gasteiger partial charge on any atom is 0.0951 e. The summed E-state index contributed by atoms with van der Waals surface area (Å²) in [7, 11) is 0. The molecule has 3 rings (SSSR count). The molecule has 0 amide bonds. The Morgan fingerprint density at radius 1 is 1.38 bits per heavy atom. The van der Waals surface area contributed by atoms with Gasteiger partial charge in [0.2, 0.25) is 0 Å². The van der Waals surface area contributed by atoms with Gasteiger partial charge in [-0.2, -0.15) is 0 Å². The van der Waals surface area contributed by atoms with E-state index < -0.39 is 0 Å². The fraction of sp³-hybridized carbons (Fsp3) is 0.750. The molecule has 1 aromatic heterocycles. The van der Waals surface area contributed by atoms with E-state index in [0.717, 1.165) is 32.5 Å². The fourth-order valence-electron chi connectivity index (χ4n) is 2.54. The standard InChI is InChI=1S/C12H19N3O/c16-12-2-1-5-14(8-12)7-11-6-13-9-15(11)10-3-4-10/h6,9-10,12,16H,1-5,7-8H2. The van der Waals surface area contributed by atoms with Gasteiger partial charge in [0.1, 0.15) is 0 Å². The molecule has 1 aromatic rings. The van der Waals surface area contributed by atoms with Crippen LogP contribution in [0, 0.1) is 0 Å². The topological polar surface area (TPSA) is 41.3 Å². The molecular weight excluding hydrogens is 202 g/mol. The summed E-state index contributed by atoms with van der Waals surface area (Å²) < 4.78 is 2.31. The molecule has 4 nitrogen and oxygen atoms in total. The summed E-state index contributed by atoms with van der Waals surface area (Å²) in [4.78, 5) is 6.58. The monoisotopic (exact) mass is 221 g/mol. The Hall–Kier alpha value is -0.870. The van der Waals surface area contributed by atoms with E-state index in [1.807, 2.05) is 12.5 Å². The van der Waals surface area contributed by atoms with Crippen molar-refractivity contribution in [2.45, 2.75) is 44.4 Å². The van der Waals surface area contributed by atoms with Crippen LogP contribution in [0.15, 0.2) is 12.5 Å². The number of aromatic nitrogens is 2. The molecule has 0 spiro atoms. The van der Waals surface area contributed by atoms with Crippen molar-refractivity contribution in [1.29, 1.82) is 0 Å². The zero-order chi connectivity index (χ0) is 11.0. The maximum absolute atomic E-state index is 9.63.